The quantitative estimate of drug-likeness (QED) is 0.0662. The number of aromatic nitrogens is 1. The molecule has 0 aliphatic heterocycles. The topological polar surface area (TPSA) is 50.2 Å². The monoisotopic (exact) mass is 807 g/mol. The summed E-state index contributed by atoms with van der Waals surface area (Å²) in [5.74, 6) is 0.547. The third-order valence-electron chi connectivity index (χ3n) is 8.53. The summed E-state index contributed by atoms with van der Waals surface area (Å²) in [5, 5.41) is 14.7. The molecule has 47 heavy (non-hydrogen) atoms. The van der Waals surface area contributed by atoms with Crippen molar-refractivity contribution in [1.82, 2.24) is 4.98 Å². The van der Waals surface area contributed by atoms with Crippen molar-refractivity contribution in [2.75, 3.05) is 0 Å². The Morgan fingerprint density at radius 3 is 2.06 bits per heavy atom. The molecule has 4 aromatic carbocycles. The smallest absolute Gasteiger partial charge is 0.162 e. The number of ketones is 1. The Bertz CT molecular complexity index is 1870. The van der Waals surface area contributed by atoms with E-state index in [2.05, 4.69) is 71.7 Å². The number of benzene rings is 4. The number of hydrogen-bond acceptors (Lipinski definition) is 3. The predicted octanol–water partition coefficient (Wildman–Crippen LogP) is 12.0. The molecule has 5 rings (SSSR count). The zero-order valence-corrected chi connectivity index (χ0v) is 31.3. The number of nitrogens with zero attached hydrogens (tertiary/aromatic N) is 1. The zero-order chi connectivity index (χ0) is 35.1. The van der Waals surface area contributed by atoms with Gasteiger partial charge in [-0.05, 0) is 70.8 Å². The zero-order valence-electron chi connectivity index (χ0n) is 30.9. The van der Waals surface area contributed by atoms with E-state index in [0.29, 0.717) is 5.56 Å². The minimum absolute atomic E-state index is 0. The summed E-state index contributed by atoms with van der Waals surface area (Å²) in [4.78, 5) is 16.2. The molecule has 0 fully saturated rings. The minimum Gasteiger partial charge on any atom is -0.512 e. The van der Waals surface area contributed by atoms with Crippen molar-refractivity contribution in [3.63, 3.8) is 0 Å². The fraction of sp³-hybridized carbons (Fsp3) is 0.349. The summed E-state index contributed by atoms with van der Waals surface area (Å²) >= 11 is 0. The maximum atomic E-state index is 11.7. The molecule has 0 bridgehead atoms. The molecule has 3 nitrogen and oxygen atoms in total. The first-order valence-electron chi connectivity index (χ1n) is 17.7. The maximum absolute atomic E-state index is 11.7. The largest absolute Gasteiger partial charge is 0.512 e. The van der Waals surface area contributed by atoms with Crippen molar-refractivity contribution in [3.05, 3.63) is 115 Å². The van der Waals surface area contributed by atoms with Crippen molar-refractivity contribution < 1.29 is 32.7 Å². The van der Waals surface area contributed by atoms with E-state index in [0.717, 1.165) is 42.5 Å². The Labute approximate surface area is 298 Å². The molecule has 1 radical (unpaired) electrons. The number of pyridine rings is 1. The Kier molecular flexibility index (Phi) is 13.0. The van der Waals surface area contributed by atoms with Gasteiger partial charge in [-0.25, -0.2) is 0 Å². The van der Waals surface area contributed by atoms with Crippen LogP contribution in [0.1, 0.15) is 82.5 Å². The summed E-state index contributed by atoms with van der Waals surface area (Å²) < 4.78 is 17.2. The molecular weight excluding hydrogens is 755 g/mol. The van der Waals surface area contributed by atoms with Gasteiger partial charge in [0.25, 0.3) is 0 Å². The molecule has 0 saturated carbocycles. The Morgan fingerprint density at radius 1 is 0.851 bits per heavy atom. The molecule has 0 aliphatic carbocycles. The summed E-state index contributed by atoms with van der Waals surface area (Å²) in [7, 11) is 0. The van der Waals surface area contributed by atoms with Gasteiger partial charge in [0.05, 0.1) is 5.76 Å². The van der Waals surface area contributed by atoms with Gasteiger partial charge < -0.3 is 10.1 Å². The van der Waals surface area contributed by atoms with E-state index in [-0.39, 0.29) is 43.5 Å². The second kappa shape index (κ2) is 17.5. The molecule has 0 aliphatic rings. The van der Waals surface area contributed by atoms with E-state index in [9.17, 15) is 9.90 Å². The van der Waals surface area contributed by atoms with E-state index in [4.69, 9.17) is 2.74 Å². The standard InChI is InChI=1S/C30H26N.C13H24O2.Ir/c1-30(2,3)20-21-16-17-31-29(18-21)23-14-12-22(13-15-23)28-19-24-8-4-5-9-25(24)26-10-6-7-11-27(26)28;1-5-10(6-2)12(14)9-13(15)11(7-3)8-4;/h4-14,16-19H,20H2,1-3H3;9-11,14H,5-8H2,1-4H3;/q-1;;/b;12-9-;/i20D2;;. The van der Waals surface area contributed by atoms with Gasteiger partial charge in [-0.3, -0.25) is 4.79 Å². The summed E-state index contributed by atoms with van der Waals surface area (Å²) in [6.07, 6.45) is 5.13. The third-order valence-corrected chi connectivity index (χ3v) is 8.53. The number of hydrogen-bond donors (Lipinski definition) is 1. The first-order chi connectivity index (χ1) is 22.9. The van der Waals surface area contributed by atoms with Crippen molar-refractivity contribution in [3.8, 4) is 22.4 Å². The van der Waals surface area contributed by atoms with Gasteiger partial charge >= 0.3 is 0 Å². The normalized spacial score (nSPS) is 12.7. The van der Waals surface area contributed by atoms with Crippen LogP contribution in [0.4, 0.5) is 0 Å². The van der Waals surface area contributed by atoms with Crippen LogP contribution in [0.3, 0.4) is 0 Å². The van der Waals surface area contributed by atoms with Crippen LogP contribution >= 0.6 is 0 Å². The van der Waals surface area contributed by atoms with E-state index in [1.807, 2.05) is 66.7 Å². The van der Waals surface area contributed by atoms with Crippen molar-refractivity contribution in [1.29, 1.82) is 0 Å². The average molecular weight is 807 g/mol. The van der Waals surface area contributed by atoms with E-state index in [1.54, 1.807) is 12.3 Å². The molecule has 0 amide bonds. The van der Waals surface area contributed by atoms with Gasteiger partial charge in [0.15, 0.2) is 5.78 Å². The van der Waals surface area contributed by atoms with Gasteiger partial charge in [0.2, 0.25) is 0 Å². The van der Waals surface area contributed by atoms with Gasteiger partial charge in [-0.15, -0.1) is 29.8 Å². The van der Waals surface area contributed by atoms with E-state index in [1.165, 1.54) is 33.2 Å². The van der Waals surface area contributed by atoms with E-state index < -0.39 is 11.8 Å². The fourth-order valence-electron chi connectivity index (χ4n) is 5.91. The summed E-state index contributed by atoms with van der Waals surface area (Å²) in [6, 6.07) is 32.4. The maximum Gasteiger partial charge on any atom is 0.162 e. The van der Waals surface area contributed by atoms with Crippen molar-refractivity contribution >= 4 is 27.3 Å². The number of aliphatic hydroxyl groups is 1. The van der Waals surface area contributed by atoms with Crippen LogP contribution in [-0.2, 0) is 31.3 Å². The van der Waals surface area contributed by atoms with Crippen molar-refractivity contribution in [2.24, 2.45) is 17.3 Å². The molecule has 1 aromatic heterocycles. The molecule has 5 aromatic rings. The number of carbonyl (C=O) groups is 1. The molecule has 249 valence electrons. The second-order valence-electron chi connectivity index (χ2n) is 13.0. The molecule has 0 saturated heterocycles. The van der Waals surface area contributed by atoms with Gasteiger partial charge in [-0.2, -0.15) is 0 Å². The number of aliphatic hydroxyl groups excluding tert-OH is 1. The SMILES string of the molecule is CCC(CC)C(=O)/C=C(\O)C(CC)CC.[2H]C([2H])(c1ccnc(-c2[c-]cc(-c3cc4ccccc4c4ccccc34)cc2)c1)C(C)(C)C.[Ir]. The van der Waals surface area contributed by atoms with Crippen LogP contribution < -0.4 is 0 Å². The summed E-state index contributed by atoms with van der Waals surface area (Å²) in [6.45, 7) is 13.8. The molecule has 1 heterocycles. The van der Waals surface area contributed by atoms with Gasteiger partial charge in [0.1, 0.15) is 0 Å². The molecule has 4 heteroatoms. The molecular formula is C43H50IrNO2-. The van der Waals surface area contributed by atoms with E-state index >= 15 is 0 Å². The molecule has 1 N–H and O–H groups in total. The van der Waals surface area contributed by atoms with Crippen LogP contribution in [0.15, 0.2) is 103 Å². The van der Waals surface area contributed by atoms with Crippen LogP contribution in [0.2, 0.25) is 0 Å². The van der Waals surface area contributed by atoms with Crippen LogP contribution in [-0.4, -0.2) is 15.9 Å². The number of carbonyl (C=O) groups excluding carboxylic acids is 1. The second-order valence-corrected chi connectivity index (χ2v) is 13.0. The first-order valence-corrected chi connectivity index (χ1v) is 16.7. The first kappa shape index (κ1) is 34.7. The predicted molar refractivity (Wildman–Crippen MR) is 196 cm³/mol. The van der Waals surface area contributed by atoms with Gasteiger partial charge in [-0.1, -0.05) is 126 Å². The van der Waals surface area contributed by atoms with Crippen molar-refractivity contribution in [2.45, 2.75) is 80.5 Å². The number of rotatable bonds is 10. The minimum atomic E-state index is -1.46. The number of allylic oxidation sites excluding steroid dienone is 2. The van der Waals surface area contributed by atoms with Crippen LogP contribution in [0, 0.1) is 23.3 Å². The Balaban J connectivity index is 0.000000347. The van der Waals surface area contributed by atoms with Gasteiger partial charge in [0, 0.05) is 47.0 Å². The Hall–Kier alpha value is -3.59. The average Bonchev–Trinajstić information content (AvgIpc) is 3.09. The van der Waals surface area contributed by atoms with Crippen LogP contribution in [0.25, 0.3) is 43.9 Å². The summed E-state index contributed by atoms with van der Waals surface area (Å²) in [5.41, 5.74) is 3.99. The fourth-order valence-corrected chi connectivity index (χ4v) is 5.91. The Morgan fingerprint density at radius 2 is 1.47 bits per heavy atom. The molecule has 0 spiro atoms. The van der Waals surface area contributed by atoms with Crippen LogP contribution in [0.5, 0.6) is 0 Å². The third kappa shape index (κ3) is 9.95. The molecule has 0 atom stereocenters. The number of fused-ring (bicyclic) bond motifs is 3. The molecule has 0 unspecified atom stereocenters.